The quantitative estimate of drug-likeness (QED) is 0.723. The molecule has 1 heterocycles. The number of anilines is 1. The number of carbonyl (C=O) groups is 1. The molecular formula is C14H24N2O2S2. The molecule has 1 atom stereocenters. The van der Waals surface area contributed by atoms with Crippen molar-refractivity contribution in [2.75, 3.05) is 30.6 Å². The van der Waals surface area contributed by atoms with Crippen molar-refractivity contribution in [3.05, 3.63) is 11.1 Å². The van der Waals surface area contributed by atoms with Gasteiger partial charge in [-0.05, 0) is 34.0 Å². The van der Waals surface area contributed by atoms with Crippen molar-refractivity contribution in [3.8, 4) is 0 Å². The Labute approximate surface area is 129 Å². The Balaban J connectivity index is 2.88. The summed E-state index contributed by atoms with van der Waals surface area (Å²) in [6.07, 6.45) is 2.10. The highest BCUT2D eigenvalue weighted by atomic mass is 32.2. The molecule has 0 aliphatic heterocycles. The van der Waals surface area contributed by atoms with E-state index in [4.69, 9.17) is 4.74 Å². The Morgan fingerprint density at radius 2 is 2.25 bits per heavy atom. The zero-order valence-corrected chi connectivity index (χ0v) is 14.7. The van der Waals surface area contributed by atoms with E-state index in [-0.39, 0.29) is 5.97 Å². The van der Waals surface area contributed by atoms with E-state index in [0.717, 1.165) is 16.6 Å². The average molecular weight is 316 g/mol. The fourth-order valence-corrected chi connectivity index (χ4v) is 3.44. The maximum atomic E-state index is 12.0. The number of rotatable bonds is 7. The van der Waals surface area contributed by atoms with Crippen LogP contribution < -0.4 is 4.90 Å². The standard InChI is InChI=1S/C14H24N2O2S2/c1-7-18-12(17)14(3,4)11-9-20-13(15-11)16(5)10(2)8-19-6/h9-10H,7-8H2,1-6H3. The van der Waals surface area contributed by atoms with Gasteiger partial charge in [0, 0.05) is 24.2 Å². The summed E-state index contributed by atoms with van der Waals surface area (Å²) in [5.74, 6) is 0.823. The summed E-state index contributed by atoms with van der Waals surface area (Å²) in [5, 5.41) is 2.90. The van der Waals surface area contributed by atoms with Crippen LogP contribution in [0.15, 0.2) is 5.38 Å². The minimum absolute atomic E-state index is 0.225. The van der Waals surface area contributed by atoms with Gasteiger partial charge in [-0.3, -0.25) is 4.79 Å². The van der Waals surface area contributed by atoms with Gasteiger partial charge in [0.1, 0.15) is 5.41 Å². The summed E-state index contributed by atoms with van der Waals surface area (Å²) in [6.45, 7) is 8.10. The number of thiazole rings is 1. The van der Waals surface area contributed by atoms with Gasteiger partial charge in [-0.2, -0.15) is 11.8 Å². The van der Waals surface area contributed by atoms with Crippen LogP contribution in [-0.4, -0.2) is 42.7 Å². The summed E-state index contributed by atoms with van der Waals surface area (Å²) in [4.78, 5) is 18.8. The molecule has 0 fully saturated rings. The topological polar surface area (TPSA) is 42.4 Å². The number of nitrogens with zero attached hydrogens (tertiary/aromatic N) is 2. The third-order valence-corrected chi connectivity index (χ3v) is 5.04. The molecule has 0 aliphatic carbocycles. The van der Waals surface area contributed by atoms with E-state index >= 15 is 0 Å². The lowest BCUT2D eigenvalue weighted by molar-refractivity contribution is -0.148. The number of ether oxygens (including phenoxy) is 1. The molecule has 0 saturated heterocycles. The van der Waals surface area contributed by atoms with E-state index in [1.807, 2.05) is 45.0 Å². The first-order chi connectivity index (χ1) is 9.34. The van der Waals surface area contributed by atoms with Gasteiger partial charge in [-0.25, -0.2) is 4.98 Å². The highest BCUT2D eigenvalue weighted by Gasteiger charge is 2.34. The Morgan fingerprint density at radius 3 is 2.80 bits per heavy atom. The third kappa shape index (κ3) is 3.88. The number of hydrogen-bond acceptors (Lipinski definition) is 6. The fourth-order valence-electron chi connectivity index (χ4n) is 1.67. The summed E-state index contributed by atoms with van der Waals surface area (Å²) in [6, 6.07) is 0.412. The van der Waals surface area contributed by atoms with Gasteiger partial charge in [-0.1, -0.05) is 0 Å². The first kappa shape index (κ1) is 17.3. The second-order valence-corrected chi connectivity index (χ2v) is 7.02. The molecule has 0 amide bonds. The van der Waals surface area contributed by atoms with Crippen LogP contribution in [0.2, 0.25) is 0 Å². The van der Waals surface area contributed by atoms with Crippen molar-refractivity contribution in [3.63, 3.8) is 0 Å². The minimum atomic E-state index is -0.700. The molecule has 0 spiro atoms. The number of hydrogen-bond donors (Lipinski definition) is 0. The molecular weight excluding hydrogens is 292 g/mol. The molecule has 0 bridgehead atoms. The van der Waals surface area contributed by atoms with E-state index in [9.17, 15) is 4.79 Å². The lowest BCUT2D eigenvalue weighted by Crippen LogP contribution is -2.33. The molecule has 0 aromatic carbocycles. The molecule has 0 N–H and O–H groups in total. The molecule has 114 valence electrons. The molecule has 6 heteroatoms. The highest BCUT2D eigenvalue weighted by Crippen LogP contribution is 2.30. The van der Waals surface area contributed by atoms with E-state index < -0.39 is 5.41 Å². The largest absolute Gasteiger partial charge is 0.465 e. The van der Waals surface area contributed by atoms with Crippen LogP contribution in [0.1, 0.15) is 33.4 Å². The molecule has 4 nitrogen and oxygen atoms in total. The van der Waals surface area contributed by atoms with Crippen LogP contribution in [0.25, 0.3) is 0 Å². The van der Waals surface area contributed by atoms with Gasteiger partial charge in [-0.15, -0.1) is 11.3 Å². The molecule has 0 aliphatic rings. The molecule has 0 saturated carbocycles. The number of esters is 1. The summed E-state index contributed by atoms with van der Waals surface area (Å²) in [7, 11) is 2.04. The fraction of sp³-hybridized carbons (Fsp3) is 0.714. The molecule has 1 aromatic heterocycles. The zero-order valence-electron chi connectivity index (χ0n) is 13.1. The van der Waals surface area contributed by atoms with Crippen molar-refractivity contribution in [2.45, 2.75) is 39.2 Å². The first-order valence-corrected chi connectivity index (χ1v) is 8.96. The van der Waals surface area contributed by atoms with Crippen molar-refractivity contribution in [1.29, 1.82) is 0 Å². The zero-order chi connectivity index (χ0) is 15.3. The van der Waals surface area contributed by atoms with Crippen LogP contribution >= 0.6 is 23.1 Å². The number of carbonyl (C=O) groups excluding carboxylic acids is 1. The van der Waals surface area contributed by atoms with Crippen molar-refractivity contribution in [1.82, 2.24) is 4.98 Å². The maximum Gasteiger partial charge on any atom is 0.317 e. The monoisotopic (exact) mass is 316 g/mol. The first-order valence-electron chi connectivity index (χ1n) is 6.69. The predicted molar refractivity (Wildman–Crippen MR) is 88.0 cm³/mol. The van der Waals surface area contributed by atoms with Crippen LogP contribution in [0, 0.1) is 0 Å². The van der Waals surface area contributed by atoms with Crippen LogP contribution in [0.5, 0.6) is 0 Å². The Morgan fingerprint density at radius 1 is 1.60 bits per heavy atom. The number of aromatic nitrogens is 1. The Kier molecular flexibility index (Phi) is 6.33. The molecule has 20 heavy (non-hydrogen) atoms. The van der Waals surface area contributed by atoms with Crippen molar-refractivity contribution >= 4 is 34.2 Å². The molecule has 1 rings (SSSR count). The van der Waals surface area contributed by atoms with E-state index in [2.05, 4.69) is 23.1 Å². The molecule has 1 unspecified atom stereocenters. The normalized spacial score (nSPS) is 13.1. The van der Waals surface area contributed by atoms with Crippen molar-refractivity contribution < 1.29 is 9.53 Å². The Hall–Kier alpha value is -0.750. The number of thioether (sulfide) groups is 1. The van der Waals surface area contributed by atoms with Gasteiger partial charge in [0.15, 0.2) is 5.13 Å². The second-order valence-electron chi connectivity index (χ2n) is 5.28. The van der Waals surface area contributed by atoms with E-state index in [0.29, 0.717) is 12.6 Å². The average Bonchev–Trinajstić information content (AvgIpc) is 2.88. The van der Waals surface area contributed by atoms with Gasteiger partial charge >= 0.3 is 5.97 Å². The summed E-state index contributed by atoms with van der Waals surface area (Å²) >= 11 is 3.39. The third-order valence-electron chi connectivity index (χ3n) is 3.29. The van der Waals surface area contributed by atoms with Gasteiger partial charge in [0.2, 0.25) is 0 Å². The summed E-state index contributed by atoms with van der Waals surface area (Å²) < 4.78 is 5.13. The SMILES string of the molecule is CCOC(=O)C(C)(C)c1csc(N(C)C(C)CSC)n1. The van der Waals surface area contributed by atoms with Crippen LogP contribution in [0.4, 0.5) is 5.13 Å². The van der Waals surface area contributed by atoms with E-state index in [1.165, 1.54) is 0 Å². The summed E-state index contributed by atoms with van der Waals surface area (Å²) in [5.41, 5.74) is 0.0769. The van der Waals surface area contributed by atoms with Gasteiger partial charge < -0.3 is 9.64 Å². The maximum absolute atomic E-state index is 12.0. The van der Waals surface area contributed by atoms with Crippen LogP contribution in [0.3, 0.4) is 0 Å². The lowest BCUT2D eigenvalue weighted by atomic mass is 9.90. The van der Waals surface area contributed by atoms with E-state index in [1.54, 1.807) is 11.3 Å². The Bertz CT molecular complexity index is 446. The van der Waals surface area contributed by atoms with Crippen LogP contribution in [-0.2, 0) is 14.9 Å². The molecule has 1 aromatic rings. The lowest BCUT2D eigenvalue weighted by Gasteiger charge is -2.24. The highest BCUT2D eigenvalue weighted by molar-refractivity contribution is 7.98. The second kappa shape index (κ2) is 7.31. The van der Waals surface area contributed by atoms with Gasteiger partial charge in [0.25, 0.3) is 0 Å². The predicted octanol–water partition coefficient (Wildman–Crippen LogP) is 3.17. The smallest absolute Gasteiger partial charge is 0.317 e. The minimum Gasteiger partial charge on any atom is -0.465 e. The molecule has 0 radical (unpaired) electrons. The van der Waals surface area contributed by atoms with Gasteiger partial charge in [0.05, 0.1) is 12.3 Å². The van der Waals surface area contributed by atoms with Crippen molar-refractivity contribution in [2.24, 2.45) is 0 Å².